The molecule has 0 heterocycles. The number of allylic oxidation sites excluding steroid dienone is 5. The molecule has 0 aromatic rings. The molecule has 0 bridgehead atoms. The zero-order chi connectivity index (χ0) is 9.61. The Bertz CT molecular complexity index is 196. The molecule has 0 saturated heterocycles. The molecular weight excluding hydrogens is 165 g/mol. The maximum Gasteiger partial charge on any atom is 0.392 e. The van der Waals surface area contributed by atoms with Crippen LogP contribution in [0.3, 0.4) is 0 Å². The molecule has 3 heteroatoms. The van der Waals surface area contributed by atoms with E-state index in [0.29, 0.717) is 5.57 Å². The van der Waals surface area contributed by atoms with E-state index in [0.717, 1.165) is 6.08 Å². The summed E-state index contributed by atoms with van der Waals surface area (Å²) < 4.78 is 35.1. The van der Waals surface area contributed by atoms with E-state index in [4.69, 9.17) is 0 Å². The van der Waals surface area contributed by atoms with Gasteiger partial charge in [-0.15, -0.1) is 0 Å². The first-order chi connectivity index (χ1) is 5.49. The molecule has 0 unspecified atom stereocenters. The Morgan fingerprint density at radius 3 is 2.33 bits per heavy atom. The van der Waals surface area contributed by atoms with E-state index in [1.54, 1.807) is 19.1 Å². The first-order valence-electron chi connectivity index (χ1n) is 3.51. The van der Waals surface area contributed by atoms with Gasteiger partial charge in [-0.1, -0.05) is 30.9 Å². The average molecular weight is 176 g/mol. The number of halogens is 3. The van der Waals surface area contributed by atoms with Gasteiger partial charge >= 0.3 is 6.18 Å². The molecule has 0 atom stereocenters. The highest BCUT2D eigenvalue weighted by Gasteiger charge is 2.24. The number of rotatable bonds is 3. The first kappa shape index (κ1) is 11.0. The maximum atomic E-state index is 11.7. The van der Waals surface area contributed by atoms with Gasteiger partial charge in [-0.2, -0.15) is 13.2 Å². The predicted octanol–water partition coefficient (Wildman–Crippen LogP) is 3.63. The lowest BCUT2D eigenvalue weighted by Gasteiger charge is -2.01. The Balaban J connectivity index is 4.22. The summed E-state index contributed by atoms with van der Waals surface area (Å²) >= 11 is 0. The van der Waals surface area contributed by atoms with Crippen LogP contribution in [0.4, 0.5) is 13.2 Å². The van der Waals surface area contributed by atoms with Gasteiger partial charge in [-0.3, -0.25) is 0 Å². The summed E-state index contributed by atoms with van der Waals surface area (Å²) in [6.45, 7) is 5.13. The molecule has 0 nitrogen and oxygen atoms in total. The van der Waals surface area contributed by atoms with Crippen molar-refractivity contribution in [3.8, 4) is 0 Å². The van der Waals surface area contributed by atoms with Crippen LogP contribution in [-0.2, 0) is 0 Å². The third-order valence-corrected chi connectivity index (χ3v) is 1.16. The van der Waals surface area contributed by atoms with Crippen LogP contribution in [0.25, 0.3) is 0 Å². The Labute approximate surface area is 70.1 Å². The molecule has 0 radical (unpaired) electrons. The predicted molar refractivity (Wildman–Crippen MR) is 43.8 cm³/mol. The van der Waals surface area contributed by atoms with Gasteiger partial charge in [0.1, 0.15) is 0 Å². The van der Waals surface area contributed by atoms with E-state index in [1.165, 1.54) is 6.08 Å². The molecule has 0 amide bonds. The second-order valence-corrected chi connectivity index (χ2v) is 2.23. The minimum absolute atomic E-state index is 0.495. The molecule has 0 rings (SSSR count). The zero-order valence-corrected chi connectivity index (χ0v) is 6.86. The molecule has 0 N–H and O–H groups in total. The van der Waals surface area contributed by atoms with Gasteiger partial charge in [0.25, 0.3) is 0 Å². The fourth-order valence-corrected chi connectivity index (χ4v) is 0.645. The van der Waals surface area contributed by atoms with E-state index in [1.807, 2.05) is 0 Å². The normalized spacial score (nSPS) is 13.8. The van der Waals surface area contributed by atoms with Crippen molar-refractivity contribution >= 4 is 0 Å². The minimum atomic E-state index is -4.13. The standard InChI is InChI=1S/C9H11F3/c1-3-5-8(4-2)6-7-9(10,11)12/h3-6H,2,7H2,1H3. The lowest BCUT2D eigenvalue weighted by atomic mass is 10.2. The van der Waals surface area contributed by atoms with Crippen LogP contribution >= 0.6 is 0 Å². The van der Waals surface area contributed by atoms with Gasteiger partial charge in [0, 0.05) is 0 Å². The van der Waals surface area contributed by atoms with E-state index in [9.17, 15) is 13.2 Å². The molecule has 68 valence electrons. The summed E-state index contributed by atoms with van der Waals surface area (Å²) in [5, 5.41) is 0. The van der Waals surface area contributed by atoms with Gasteiger partial charge in [0.2, 0.25) is 0 Å². The Hall–Kier alpha value is -0.990. The molecule has 12 heavy (non-hydrogen) atoms. The highest BCUT2D eigenvalue weighted by molar-refractivity contribution is 5.28. The molecular formula is C9H11F3. The maximum absolute atomic E-state index is 11.7. The molecule has 0 fully saturated rings. The number of hydrogen-bond acceptors (Lipinski definition) is 0. The molecule has 0 aromatic heterocycles. The zero-order valence-electron chi connectivity index (χ0n) is 6.86. The van der Waals surface area contributed by atoms with Crippen LogP contribution in [-0.4, -0.2) is 6.18 Å². The van der Waals surface area contributed by atoms with Crippen LogP contribution in [0.2, 0.25) is 0 Å². The molecule has 0 spiro atoms. The summed E-state index contributed by atoms with van der Waals surface area (Å²) in [5.74, 6) is 0. The fourth-order valence-electron chi connectivity index (χ4n) is 0.645. The van der Waals surface area contributed by atoms with E-state index < -0.39 is 12.6 Å². The van der Waals surface area contributed by atoms with Crippen molar-refractivity contribution in [2.45, 2.75) is 19.5 Å². The van der Waals surface area contributed by atoms with Crippen LogP contribution < -0.4 is 0 Å². The third kappa shape index (κ3) is 5.77. The van der Waals surface area contributed by atoms with Crippen LogP contribution in [0.1, 0.15) is 13.3 Å². The van der Waals surface area contributed by atoms with Crippen molar-refractivity contribution in [2.24, 2.45) is 0 Å². The smallest absolute Gasteiger partial charge is 0.171 e. The molecule has 0 aliphatic rings. The fraction of sp³-hybridized carbons (Fsp3) is 0.333. The average Bonchev–Trinajstić information content (AvgIpc) is 1.96. The highest BCUT2D eigenvalue weighted by atomic mass is 19.4. The van der Waals surface area contributed by atoms with Crippen molar-refractivity contribution < 1.29 is 13.2 Å². The lowest BCUT2D eigenvalue weighted by molar-refractivity contribution is -0.125. The molecule has 0 saturated carbocycles. The lowest BCUT2D eigenvalue weighted by Crippen LogP contribution is -2.04. The van der Waals surface area contributed by atoms with Gasteiger partial charge in [0.15, 0.2) is 0 Å². The van der Waals surface area contributed by atoms with Crippen molar-refractivity contribution in [3.63, 3.8) is 0 Å². The van der Waals surface area contributed by atoms with E-state index in [2.05, 4.69) is 6.58 Å². The Morgan fingerprint density at radius 1 is 1.42 bits per heavy atom. The Morgan fingerprint density at radius 2 is 2.00 bits per heavy atom. The summed E-state index contributed by atoms with van der Waals surface area (Å²) in [6.07, 6.45) is 0.718. The van der Waals surface area contributed by atoms with Gasteiger partial charge < -0.3 is 0 Å². The van der Waals surface area contributed by atoms with E-state index >= 15 is 0 Å². The van der Waals surface area contributed by atoms with Gasteiger partial charge in [-0.05, 0) is 12.5 Å². The monoisotopic (exact) mass is 176 g/mol. The summed E-state index contributed by atoms with van der Waals surface area (Å²) in [5.41, 5.74) is 0.495. The van der Waals surface area contributed by atoms with Crippen LogP contribution in [0, 0.1) is 0 Å². The molecule has 0 aliphatic carbocycles. The number of alkyl halides is 3. The van der Waals surface area contributed by atoms with E-state index in [-0.39, 0.29) is 0 Å². The molecule has 0 aromatic carbocycles. The highest BCUT2D eigenvalue weighted by Crippen LogP contribution is 2.21. The first-order valence-corrected chi connectivity index (χ1v) is 3.51. The van der Waals surface area contributed by atoms with Crippen LogP contribution in [0.5, 0.6) is 0 Å². The quantitative estimate of drug-likeness (QED) is 0.576. The van der Waals surface area contributed by atoms with Gasteiger partial charge in [0.05, 0.1) is 6.42 Å². The third-order valence-electron chi connectivity index (χ3n) is 1.16. The summed E-state index contributed by atoms with van der Waals surface area (Å²) in [6, 6.07) is 0. The van der Waals surface area contributed by atoms with Crippen molar-refractivity contribution in [1.29, 1.82) is 0 Å². The second kappa shape index (κ2) is 4.80. The Kier molecular flexibility index (Phi) is 4.40. The topological polar surface area (TPSA) is 0 Å². The largest absolute Gasteiger partial charge is 0.392 e. The summed E-state index contributed by atoms with van der Waals surface area (Å²) in [7, 11) is 0. The molecule has 0 aliphatic heterocycles. The van der Waals surface area contributed by atoms with Crippen molar-refractivity contribution in [1.82, 2.24) is 0 Å². The summed E-state index contributed by atoms with van der Waals surface area (Å²) in [4.78, 5) is 0. The van der Waals surface area contributed by atoms with Crippen LogP contribution in [0.15, 0.2) is 36.5 Å². The minimum Gasteiger partial charge on any atom is -0.171 e. The SMILES string of the molecule is C=CC(C=CC)=CCC(F)(F)F. The number of hydrogen-bond donors (Lipinski definition) is 0. The van der Waals surface area contributed by atoms with Gasteiger partial charge in [-0.25, -0.2) is 0 Å². The van der Waals surface area contributed by atoms with Crippen molar-refractivity contribution in [2.75, 3.05) is 0 Å². The second-order valence-electron chi connectivity index (χ2n) is 2.23. The van der Waals surface area contributed by atoms with Crippen molar-refractivity contribution in [3.05, 3.63) is 36.5 Å².